The predicted molar refractivity (Wildman–Crippen MR) is 57.9 cm³/mol. The number of rotatable bonds is 5. The lowest BCUT2D eigenvalue weighted by Gasteiger charge is -1.96. The van der Waals surface area contributed by atoms with Crippen molar-refractivity contribution in [2.24, 2.45) is 5.92 Å². The summed E-state index contributed by atoms with van der Waals surface area (Å²) < 4.78 is 6.65. The molecule has 0 atom stereocenters. The molecular weight excluding hydrogens is 222 g/mol. The van der Waals surface area contributed by atoms with Crippen LogP contribution < -0.4 is 0 Å². The van der Waals surface area contributed by atoms with Crippen LogP contribution in [-0.2, 0) is 19.6 Å². The highest BCUT2D eigenvalue weighted by atomic mass is 16.5. The summed E-state index contributed by atoms with van der Waals surface area (Å²) in [5, 5.41) is 20.3. The van der Waals surface area contributed by atoms with Crippen molar-refractivity contribution >= 4 is 0 Å². The summed E-state index contributed by atoms with van der Waals surface area (Å²) in [5.74, 6) is 1.69. The maximum absolute atomic E-state index is 8.85. The quantitative estimate of drug-likeness (QED) is 0.809. The molecule has 0 aromatic carbocycles. The minimum Gasteiger partial charge on any atom is -0.390 e. The van der Waals surface area contributed by atoms with Gasteiger partial charge >= 0.3 is 0 Å². The van der Waals surface area contributed by atoms with Crippen molar-refractivity contribution in [2.45, 2.75) is 33.4 Å². The van der Waals surface area contributed by atoms with Crippen molar-refractivity contribution in [1.82, 2.24) is 25.1 Å². The molecule has 0 fully saturated rings. The first-order valence-electron chi connectivity index (χ1n) is 5.48. The van der Waals surface area contributed by atoms with Crippen LogP contribution in [0.3, 0.4) is 0 Å². The molecule has 2 aromatic heterocycles. The highest BCUT2D eigenvalue weighted by Crippen LogP contribution is 2.06. The zero-order valence-corrected chi connectivity index (χ0v) is 9.87. The maximum atomic E-state index is 8.85. The van der Waals surface area contributed by atoms with Crippen molar-refractivity contribution in [3.63, 3.8) is 0 Å². The van der Waals surface area contributed by atoms with Gasteiger partial charge < -0.3 is 9.63 Å². The van der Waals surface area contributed by atoms with E-state index >= 15 is 0 Å². The summed E-state index contributed by atoms with van der Waals surface area (Å²) in [6.45, 7) is 4.45. The Morgan fingerprint density at radius 3 is 2.94 bits per heavy atom. The molecular formula is C10H15N5O2. The Morgan fingerprint density at radius 2 is 2.29 bits per heavy atom. The standard InChI is InChI=1S/C10H15N5O2/c1-7(2)3-9-11-10(17-13-9)5-15-4-8(6-16)12-14-15/h4,7,16H,3,5-6H2,1-2H3. The fourth-order valence-electron chi connectivity index (χ4n) is 1.43. The Hall–Kier alpha value is -1.76. The third-order valence-corrected chi connectivity index (χ3v) is 2.15. The summed E-state index contributed by atoms with van der Waals surface area (Å²) >= 11 is 0. The third kappa shape index (κ3) is 3.10. The Kier molecular flexibility index (Phi) is 3.48. The number of aliphatic hydroxyl groups is 1. The van der Waals surface area contributed by atoms with Gasteiger partial charge in [-0.25, -0.2) is 4.68 Å². The second-order valence-corrected chi connectivity index (χ2v) is 4.27. The van der Waals surface area contributed by atoms with E-state index in [1.807, 2.05) is 0 Å². The highest BCUT2D eigenvalue weighted by molar-refractivity contribution is 4.92. The van der Waals surface area contributed by atoms with Gasteiger partial charge in [-0.15, -0.1) is 5.10 Å². The van der Waals surface area contributed by atoms with Crippen LogP contribution in [0.15, 0.2) is 10.7 Å². The molecule has 17 heavy (non-hydrogen) atoms. The second kappa shape index (κ2) is 5.05. The largest absolute Gasteiger partial charge is 0.390 e. The molecule has 92 valence electrons. The summed E-state index contributed by atoms with van der Waals surface area (Å²) in [7, 11) is 0. The summed E-state index contributed by atoms with van der Waals surface area (Å²) in [4.78, 5) is 4.25. The van der Waals surface area contributed by atoms with Gasteiger partial charge in [0.25, 0.3) is 0 Å². The van der Waals surface area contributed by atoms with Crippen LogP contribution in [0.4, 0.5) is 0 Å². The average molecular weight is 237 g/mol. The van der Waals surface area contributed by atoms with Crippen LogP contribution >= 0.6 is 0 Å². The van der Waals surface area contributed by atoms with Gasteiger partial charge in [0.05, 0.1) is 12.8 Å². The zero-order valence-electron chi connectivity index (χ0n) is 9.87. The SMILES string of the molecule is CC(C)Cc1noc(Cn2cc(CO)nn2)n1. The van der Waals surface area contributed by atoms with Gasteiger partial charge in [-0.1, -0.05) is 24.2 Å². The Labute approximate surface area is 98.5 Å². The monoisotopic (exact) mass is 237 g/mol. The summed E-state index contributed by atoms with van der Waals surface area (Å²) in [6.07, 6.45) is 2.44. The molecule has 0 saturated heterocycles. The minimum atomic E-state index is -0.123. The van der Waals surface area contributed by atoms with E-state index < -0.39 is 0 Å². The molecule has 2 aromatic rings. The number of nitrogens with zero attached hydrogens (tertiary/aromatic N) is 5. The first kappa shape index (κ1) is 11.7. The molecule has 0 amide bonds. The minimum absolute atomic E-state index is 0.123. The Balaban J connectivity index is 2.01. The van der Waals surface area contributed by atoms with Crippen LogP contribution in [0.2, 0.25) is 0 Å². The molecule has 0 aliphatic rings. The van der Waals surface area contributed by atoms with Crippen LogP contribution in [0, 0.1) is 5.92 Å². The van der Waals surface area contributed by atoms with Gasteiger partial charge in [-0.05, 0) is 5.92 Å². The molecule has 0 aliphatic heterocycles. The van der Waals surface area contributed by atoms with Gasteiger partial charge in [0.15, 0.2) is 5.82 Å². The van der Waals surface area contributed by atoms with Crippen LogP contribution in [0.1, 0.15) is 31.3 Å². The van der Waals surface area contributed by atoms with Crippen molar-refractivity contribution in [1.29, 1.82) is 0 Å². The molecule has 2 heterocycles. The second-order valence-electron chi connectivity index (χ2n) is 4.27. The van der Waals surface area contributed by atoms with E-state index in [2.05, 4.69) is 34.3 Å². The normalized spacial score (nSPS) is 11.3. The van der Waals surface area contributed by atoms with Gasteiger partial charge in [0.1, 0.15) is 12.2 Å². The molecule has 0 radical (unpaired) electrons. The van der Waals surface area contributed by atoms with E-state index in [1.54, 1.807) is 10.9 Å². The molecule has 0 unspecified atom stereocenters. The highest BCUT2D eigenvalue weighted by Gasteiger charge is 2.09. The average Bonchev–Trinajstić information content (AvgIpc) is 2.88. The van der Waals surface area contributed by atoms with E-state index in [1.165, 1.54) is 0 Å². The first-order valence-corrected chi connectivity index (χ1v) is 5.48. The fourth-order valence-corrected chi connectivity index (χ4v) is 1.43. The molecule has 7 nitrogen and oxygen atoms in total. The van der Waals surface area contributed by atoms with Gasteiger partial charge in [-0.2, -0.15) is 4.98 Å². The number of hydrogen-bond donors (Lipinski definition) is 1. The molecule has 7 heteroatoms. The predicted octanol–water partition coefficient (Wildman–Crippen LogP) is 0.400. The van der Waals surface area contributed by atoms with E-state index in [9.17, 15) is 0 Å². The van der Waals surface area contributed by atoms with Crippen molar-refractivity contribution in [2.75, 3.05) is 0 Å². The molecule has 1 N–H and O–H groups in total. The third-order valence-electron chi connectivity index (χ3n) is 2.15. The van der Waals surface area contributed by atoms with Gasteiger partial charge in [0, 0.05) is 6.42 Å². The maximum Gasteiger partial charge on any atom is 0.248 e. The number of hydrogen-bond acceptors (Lipinski definition) is 6. The van der Waals surface area contributed by atoms with E-state index in [-0.39, 0.29) is 6.61 Å². The number of aliphatic hydroxyl groups excluding tert-OH is 1. The van der Waals surface area contributed by atoms with Gasteiger partial charge in [-0.3, -0.25) is 0 Å². The lowest BCUT2D eigenvalue weighted by Crippen LogP contribution is -2.01. The van der Waals surface area contributed by atoms with Crippen molar-refractivity contribution in [3.05, 3.63) is 23.6 Å². The van der Waals surface area contributed by atoms with Crippen LogP contribution in [0.5, 0.6) is 0 Å². The fraction of sp³-hybridized carbons (Fsp3) is 0.600. The molecule has 0 spiro atoms. The number of aromatic nitrogens is 5. The smallest absolute Gasteiger partial charge is 0.248 e. The molecule has 0 saturated carbocycles. The lowest BCUT2D eigenvalue weighted by atomic mass is 10.1. The summed E-state index contributed by atoms with van der Waals surface area (Å²) in [6, 6.07) is 0. The van der Waals surface area contributed by atoms with Crippen LogP contribution in [0.25, 0.3) is 0 Å². The van der Waals surface area contributed by atoms with E-state index in [4.69, 9.17) is 9.63 Å². The molecule has 2 rings (SSSR count). The van der Waals surface area contributed by atoms with Crippen molar-refractivity contribution < 1.29 is 9.63 Å². The van der Waals surface area contributed by atoms with E-state index in [0.717, 1.165) is 6.42 Å². The molecule has 0 aliphatic carbocycles. The molecule has 0 bridgehead atoms. The Bertz CT molecular complexity index is 477. The van der Waals surface area contributed by atoms with Gasteiger partial charge in [0.2, 0.25) is 5.89 Å². The van der Waals surface area contributed by atoms with Crippen LogP contribution in [-0.4, -0.2) is 30.2 Å². The van der Waals surface area contributed by atoms with E-state index in [0.29, 0.717) is 29.9 Å². The zero-order chi connectivity index (χ0) is 12.3. The summed E-state index contributed by atoms with van der Waals surface area (Å²) in [5.41, 5.74) is 0.520. The first-order chi connectivity index (χ1) is 8.17. The lowest BCUT2D eigenvalue weighted by molar-refractivity contribution is 0.276. The topological polar surface area (TPSA) is 89.9 Å². The van der Waals surface area contributed by atoms with Crippen molar-refractivity contribution in [3.8, 4) is 0 Å². The Morgan fingerprint density at radius 1 is 1.47 bits per heavy atom.